The first-order chi connectivity index (χ1) is 18.5. The number of carbonyl (C=O) groups excluding carboxylic acids is 1. The fourth-order valence-electron chi connectivity index (χ4n) is 3.96. The number of carbonyl (C=O) groups is 1. The van der Waals surface area contributed by atoms with Crippen LogP contribution in [-0.2, 0) is 9.53 Å². The summed E-state index contributed by atoms with van der Waals surface area (Å²) < 4.78 is 13.4. The lowest BCUT2D eigenvalue weighted by Crippen LogP contribution is -2.30. The van der Waals surface area contributed by atoms with Crippen molar-refractivity contribution in [1.29, 1.82) is 0 Å². The molecule has 1 N–H and O–H groups in total. The van der Waals surface area contributed by atoms with Gasteiger partial charge in [-0.15, -0.1) is 10.2 Å². The summed E-state index contributed by atoms with van der Waals surface area (Å²) >= 11 is 2.98. The van der Waals surface area contributed by atoms with Gasteiger partial charge in [0.15, 0.2) is 4.34 Å². The van der Waals surface area contributed by atoms with E-state index in [2.05, 4.69) is 44.9 Å². The van der Waals surface area contributed by atoms with E-state index in [1.165, 1.54) is 30.2 Å². The molecule has 0 aliphatic carbocycles. The number of aromatic nitrogens is 6. The average Bonchev–Trinajstić information content (AvgIpc) is 3.61. The SMILES string of the molecule is COC(=O)C1=C(CSc2nnc(-c3ccccc3)s2)Nc2nnnn2C1c1ccc(OCCC(C)C)cc1. The minimum absolute atomic E-state index is 0.424. The number of fused-ring (bicyclic) bond motifs is 1. The van der Waals surface area contributed by atoms with Gasteiger partial charge in [0.05, 0.1) is 19.3 Å². The topological polar surface area (TPSA) is 117 Å². The molecule has 10 nitrogen and oxygen atoms in total. The van der Waals surface area contributed by atoms with Crippen molar-refractivity contribution in [2.45, 2.75) is 30.6 Å². The quantitative estimate of drug-likeness (QED) is 0.217. The number of ether oxygens (including phenoxy) is 2. The van der Waals surface area contributed by atoms with Crippen LogP contribution in [0, 0.1) is 5.92 Å². The molecule has 0 fully saturated rings. The highest BCUT2D eigenvalue weighted by Gasteiger charge is 2.36. The minimum Gasteiger partial charge on any atom is -0.494 e. The van der Waals surface area contributed by atoms with Crippen molar-refractivity contribution in [1.82, 2.24) is 30.4 Å². The molecular formula is C26H27N7O3S2. The maximum Gasteiger partial charge on any atom is 0.338 e. The maximum atomic E-state index is 13.1. The molecule has 12 heteroatoms. The molecule has 1 atom stereocenters. The second-order valence-electron chi connectivity index (χ2n) is 8.99. The van der Waals surface area contributed by atoms with Crippen LogP contribution in [-0.4, -0.2) is 55.8 Å². The van der Waals surface area contributed by atoms with Crippen molar-refractivity contribution in [3.8, 4) is 16.3 Å². The van der Waals surface area contributed by atoms with Crippen molar-refractivity contribution in [3.63, 3.8) is 0 Å². The fourth-order valence-corrected chi connectivity index (χ4v) is 5.79. The molecule has 196 valence electrons. The van der Waals surface area contributed by atoms with Crippen LogP contribution in [0.1, 0.15) is 31.9 Å². The zero-order valence-electron chi connectivity index (χ0n) is 21.2. The average molecular weight is 550 g/mol. The Morgan fingerprint density at radius 3 is 2.63 bits per heavy atom. The van der Waals surface area contributed by atoms with Crippen LogP contribution < -0.4 is 10.1 Å². The Labute approximate surface area is 228 Å². The van der Waals surface area contributed by atoms with E-state index in [-0.39, 0.29) is 0 Å². The first-order valence-corrected chi connectivity index (χ1v) is 13.9. The van der Waals surface area contributed by atoms with Crippen LogP contribution >= 0.6 is 23.1 Å². The number of hydrogen-bond donors (Lipinski definition) is 1. The number of rotatable bonds is 10. The lowest BCUT2D eigenvalue weighted by Gasteiger charge is -2.28. The third kappa shape index (κ3) is 5.70. The van der Waals surface area contributed by atoms with Gasteiger partial charge in [-0.3, -0.25) is 0 Å². The number of nitrogens with zero attached hydrogens (tertiary/aromatic N) is 6. The van der Waals surface area contributed by atoms with E-state index in [0.29, 0.717) is 35.5 Å². The summed E-state index contributed by atoms with van der Waals surface area (Å²) in [4.78, 5) is 13.1. The molecule has 4 aromatic rings. The Morgan fingerprint density at radius 2 is 1.89 bits per heavy atom. The van der Waals surface area contributed by atoms with Crippen LogP contribution in [0.4, 0.5) is 5.95 Å². The van der Waals surface area contributed by atoms with Gasteiger partial charge < -0.3 is 14.8 Å². The van der Waals surface area contributed by atoms with Gasteiger partial charge in [0, 0.05) is 17.0 Å². The van der Waals surface area contributed by atoms with Crippen molar-refractivity contribution in [2.24, 2.45) is 5.92 Å². The summed E-state index contributed by atoms with van der Waals surface area (Å²) in [5, 5.41) is 24.8. The van der Waals surface area contributed by atoms with Gasteiger partial charge in [-0.1, -0.05) is 84.5 Å². The normalized spacial score (nSPS) is 14.8. The Morgan fingerprint density at radius 1 is 1.11 bits per heavy atom. The molecule has 5 rings (SSSR count). The molecule has 38 heavy (non-hydrogen) atoms. The van der Waals surface area contributed by atoms with Gasteiger partial charge in [0.1, 0.15) is 16.8 Å². The van der Waals surface area contributed by atoms with Crippen molar-refractivity contribution < 1.29 is 14.3 Å². The first kappa shape index (κ1) is 25.9. The molecule has 2 aromatic carbocycles. The van der Waals surface area contributed by atoms with Crippen LogP contribution in [0.5, 0.6) is 5.75 Å². The lowest BCUT2D eigenvalue weighted by atomic mass is 9.95. The van der Waals surface area contributed by atoms with E-state index in [9.17, 15) is 4.79 Å². The standard InChI is InChI=1S/C26H27N7O3S2/c1-16(2)13-14-36-19-11-9-17(10-12-19)22-21(24(34)35-3)20(27-25-29-31-32-33(22)25)15-37-26-30-28-23(38-26)18-7-5-4-6-8-18/h4-12,16,22H,13-15H2,1-3H3,(H,27,29,32). The number of thioether (sulfide) groups is 1. The lowest BCUT2D eigenvalue weighted by molar-refractivity contribution is -0.136. The Bertz CT molecular complexity index is 1420. The predicted octanol–water partition coefficient (Wildman–Crippen LogP) is 4.85. The summed E-state index contributed by atoms with van der Waals surface area (Å²) in [5.41, 5.74) is 2.93. The summed E-state index contributed by atoms with van der Waals surface area (Å²) in [5.74, 6) is 1.74. The zero-order chi connectivity index (χ0) is 26.5. The van der Waals surface area contributed by atoms with Gasteiger partial charge in [0.25, 0.3) is 0 Å². The number of hydrogen-bond acceptors (Lipinski definition) is 11. The van der Waals surface area contributed by atoms with E-state index in [0.717, 1.165) is 32.6 Å². The second kappa shape index (κ2) is 11.7. The Hall–Kier alpha value is -3.77. The molecule has 3 heterocycles. The number of methoxy groups -OCH3 is 1. The Kier molecular flexibility index (Phi) is 7.99. The zero-order valence-corrected chi connectivity index (χ0v) is 22.8. The highest BCUT2D eigenvalue weighted by Crippen LogP contribution is 2.38. The molecule has 0 saturated carbocycles. The van der Waals surface area contributed by atoms with Crippen molar-refractivity contribution in [3.05, 3.63) is 71.4 Å². The number of tetrazole rings is 1. The minimum atomic E-state index is -0.566. The van der Waals surface area contributed by atoms with E-state index >= 15 is 0 Å². The second-order valence-corrected chi connectivity index (χ2v) is 11.2. The fraction of sp³-hybridized carbons (Fsp3) is 0.308. The van der Waals surface area contributed by atoms with Gasteiger partial charge in [-0.2, -0.15) is 4.68 Å². The molecule has 0 radical (unpaired) electrons. The van der Waals surface area contributed by atoms with E-state index < -0.39 is 12.0 Å². The van der Waals surface area contributed by atoms with E-state index in [1.807, 2.05) is 54.6 Å². The monoisotopic (exact) mass is 549 g/mol. The first-order valence-electron chi connectivity index (χ1n) is 12.1. The molecule has 0 spiro atoms. The van der Waals surface area contributed by atoms with Gasteiger partial charge >= 0.3 is 5.97 Å². The molecule has 0 saturated heterocycles. The molecule has 0 bridgehead atoms. The Balaban J connectivity index is 1.41. The summed E-state index contributed by atoms with van der Waals surface area (Å²) in [7, 11) is 1.37. The number of nitrogens with one attached hydrogen (secondary N) is 1. The summed E-state index contributed by atoms with van der Waals surface area (Å²) in [6.07, 6.45) is 0.974. The van der Waals surface area contributed by atoms with E-state index in [1.54, 1.807) is 4.68 Å². The van der Waals surface area contributed by atoms with Gasteiger partial charge in [-0.25, -0.2) is 4.79 Å². The van der Waals surface area contributed by atoms with Gasteiger partial charge in [-0.05, 0) is 40.5 Å². The van der Waals surface area contributed by atoms with Crippen LogP contribution in [0.2, 0.25) is 0 Å². The molecule has 1 aliphatic rings. The third-order valence-electron chi connectivity index (χ3n) is 5.93. The third-order valence-corrected chi connectivity index (χ3v) is 8.06. The number of esters is 1. The smallest absolute Gasteiger partial charge is 0.338 e. The largest absolute Gasteiger partial charge is 0.494 e. The van der Waals surface area contributed by atoms with Crippen molar-refractivity contribution >= 4 is 35.0 Å². The predicted molar refractivity (Wildman–Crippen MR) is 146 cm³/mol. The maximum absolute atomic E-state index is 13.1. The van der Waals surface area contributed by atoms with E-state index in [4.69, 9.17) is 9.47 Å². The van der Waals surface area contributed by atoms with Crippen LogP contribution in [0.3, 0.4) is 0 Å². The summed E-state index contributed by atoms with van der Waals surface area (Å²) in [6, 6.07) is 17.0. The van der Waals surface area contributed by atoms with Crippen molar-refractivity contribution in [2.75, 3.05) is 24.8 Å². The molecular weight excluding hydrogens is 522 g/mol. The van der Waals surface area contributed by atoms with Crippen LogP contribution in [0.25, 0.3) is 10.6 Å². The molecule has 1 aliphatic heterocycles. The highest BCUT2D eigenvalue weighted by atomic mass is 32.2. The molecule has 2 aromatic heterocycles. The number of benzene rings is 2. The highest BCUT2D eigenvalue weighted by molar-refractivity contribution is 8.01. The molecule has 0 amide bonds. The summed E-state index contributed by atoms with van der Waals surface area (Å²) in [6.45, 7) is 4.97. The number of anilines is 1. The van der Waals surface area contributed by atoms with Gasteiger partial charge in [0.2, 0.25) is 5.95 Å². The molecule has 1 unspecified atom stereocenters. The van der Waals surface area contributed by atoms with Crippen LogP contribution in [0.15, 0.2) is 70.2 Å².